The number of nitrogens with one attached hydrogen (secondary N) is 1. The number of nitrogens with zero attached hydrogens (tertiary/aromatic N) is 4. The number of nitro benzene ring substituents is 1. The van der Waals surface area contributed by atoms with E-state index in [0.29, 0.717) is 29.1 Å². The Morgan fingerprint density at radius 1 is 1.08 bits per heavy atom. The minimum absolute atomic E-state index is 0.0293. The zero-order valence-corrected chi connectivity index (χ0v) is 21.9. The largest absolute Gasteiger partial charge is 0.490 e. The van der Waals surface area contributed by atoms with Crippen LogP contribution in [0.4, 0.5) is 11.4 Å². The molecule has 0 saturated carbocycles. The van der Waals surface area contributed by atoms with Gasteiger partial charge in [0, 0.05) is 48.7 Å². The third kappa shape index (κ3) is 5.06. The lowest BCUT2D eigenvalue weighted by atomic mass is 10.0. The number of non-ortho nitro benzene ring substituents is 1. The Balaban J connectivity index is 1.57. The molecule has 0 radical (unpaired) electrons. The van der Waals surface area contributed by atoms with Crippen molar-refractivity contribution in [2.75, 3.05) is 25.2 Å². The third-order valence-corrected chi connectivity index (χ3v) is 6.87. The Morgan fingerprint density at radius 2 is 1.87 bits per heavy atom. The smallest absolute Gasteiger partial charge is 0.269 e. The van der Waals surface area contributed by atoms with Gasteiger partial charge in [-0.15, -0.1) is 0 Å². The number of nitro groups is 1. The van der Waals surface area contributed by atoms with Gasteiger partial charge in [-0.05, 0) is 66.8 Å². The maximum atomic E-state index is 11.2. The van der Waals surface area contributed by atoms with Crippen LogP contribution in [0.25, 0.3) is 5.69 Å². The van der Waals surface area contributed by atoms with E-state index < -0.39 is 4.92 Å². The maximum Gasteiger partial charge on any atom is 0.269 e. The molecule has 9 nitrogen and oxygen atoms in total. The van der Waals surface area contributed by atoms with Crippen LogP contribution in [0.1, 0.15) is 23.5 Å². The second-order valence-electron chi connectivity index (χ2n) is 8.53. The summed E-state index contributed by atoms with van der Waals surface area (Å²) in [5.41, 5.74) is 3.34. The first-order valence-electron chi connectivity index (χ1n) is 11.8. The molecule has 1 aliphatic heterocycles. The SMILES string of the molecule is COCCOc1ccc(N2C(=S)N[C@@H](c3ccccn3)[C@@H]2c2cccn2-c2ccc([N+](=O)[O-])cc2)cc1Cl. The number of hydrogen-bond donors (Lipinski definition) is 1. The minimum atomic E-state index is -0.412. The van der Waals surface area contributed by atoms with E-state index in [0.717, 1.165) is 22.8 Å². The molecule has 2 aromatic carbocycles. The normalized spacial score (nSPS) is 16.9. The van der Waals surface area contributed by atoms with Crippen molar-refractivity contribution >= 4 is 40.3 Å². The third-order valence-electron chi connectivity index (χ3n) is 6.26. The molecule has 0 aliphatic carbocycles. The van der Waals surface area contributed by atoms with Gasteiger partial charge in [0.1, 0.15) is 18.4 Å². The van der Waals surface area contributed by atoms with Gasteiger partial charge in [-0.3, -0.25) is 15.1 Å². The Hall–Kier alpha value is -3.99. The van der Waals surface area contributed by atoms with Crippen molar-refractivity contribution < 1.29 is 14.4 Å². The predicted molar refractivity (Wildman–Crippen MR) is 149 cm³/mol. The molecule has 11 heteroatoms. The summed E-state index contributed by atoms with van der Waals surface area (Å²) < 4.78 is 12.8. The van der Waals surface area contributed by atoms with Gasteiger partial charge in [-0.1, -0.05) is 17.7 Å². The molecular weight excluding hydrogens is 526 g/mol. The molecule has 0 bridgehead atoms. The average Bonchev–Trinajstić information content (AvgIpc) is 3.54. The van der Waals surface area contributed by atoms with Gasteiger partial charge in [0.15, 0.2) is 5.11 Å². The number of methoxy groups -OCH3 is 1. The monoisotopic (exact) mass is 549 g/mol. The van der Waals surface area contributed by atoms with Crippen molar-refractivity contribution in [3.05, 3.63) is 112 Å². The first-order chi connectivity index (χ1) is 18.5. The predicted octanol–water partition coefficient (Wildman–Crippen LogP) is 5.64. The van der Waals surface area contributed by atoms with Gasteiger partial charge in [0.05, 0.1) is 28.3 Å². The Bertz CT molecular complexity index is 1450. The van der Waals surface area contributed by atoms with Crippen molar-refractivity contribution in [2.24, 2.45) is 0 Å². The lowest BCUT2D eigenvalue weighted by Crippen LogP contribution is -2.30. The maximum absolute atomic E-state index is 11.2. The molecule has 4 aromatic rings. The van der Waals surface area contributed by atoms with E-state index in [2.05, 4.69) is 10.3 Å². The van der Waals surface area contributed by atoms with Crippen LogP contribution >= 0.6 is 23.8 Å². The zero-order valence-electron chi connectivity index (χ0n) is 20.4. The first kappa shape index (κ1) is 25.7. The number of aromatic nitrogens is 2. The van der Waals surface area contributed by atoms with E-state index in [9.17, 15) is 10.1 Å². The summed E-state index contributed by atoms with van der Waals surface area (Å²) in [5.74, 6) is 0.553. The van der Waals surface area contributed by atoms with Crippen molar-refractivity contribution in [2.45, 2.75) is 12.1 Å². The van der Waals surface area contributed by atoms with Gasteiger partial charge in [-0.25, -0.2) is 0 Å². The van der Waals surface area contributed by atoms with Gasteiger partial charge < -0.3 is 24.3 Å². The molecule has 1 N–H and O–H groups in total. The molecular formula is C27H24ClN5O4S. The first-order valence-corrected chi connectivity index (χ1v) is 12.6. The van der Waals surface area contributed by atoms with Crippen LogP contribution in [0, 0.1) is 10.1 Å². The van der Waals surface area contributed by atoms with E-state index in [1.807, 2.05) is 64.2 Å². The molecule has 3 heterocycles. The molecule has 0 spiro atoms. The Kier molecular flexibility index (Phi) is 7.54. The van der Waals surface area contributed by atoms with Gasteiger partial charge in [-0.2, -0.15) is 0 Å². The van der Waals surface area contributed by atoms with Crippen molar-refractivity contribution in [1.29, 1.82) is 0 Å². The fraction of sp³-hybridized carbons (Fsp3) is 0.185. The van der Waals surface area contributed by atoms with Gasteiger partial charge in [0.2, 0.25) is 0 Å². The molecule has 194 valence electrons. The topological polar surface area (TPSA) is 94.7 Å². The van der Waals surface area contributed by atoms with Gasteiger partial charge >= 0.3 is 0 Å². The molecule has 2 atom stereocenters. The van der Waals surface area contributed by atoms with Crippen LogP contribution in [0.3, 0.4) is 0 Å². The number of hydrogen-bond acceptors (Lipinski definition) is 6. The van der Waals surface area contributed by atoms with Crippen LogP contribution in [-0.4, -0.2) is 39.9 Å². The summed E-state index contributed by atoms with van der Waals surface area (Å²) in [6.07, 6.45) is 3.67. The second-order valence-corrected chi connectivity index (χ2v) is 9.32. The Morgan fingerprint density at radius 3 is 2.55 bits per heavy atom. The van der Waals surface area contributed by atoms with Gasteiger partial charge in [0.25, 0.3) is 5.69 Å². The lowest BCUT2D eigenvalue weighted by Gasteiger charge is -2.29. The highest BCUT2D eigenvalue weighted by Crippen LogP contribution is 2.43. The molecule has 38 heavy (non-hydrogen) atoms. The van der Waals surface area contributed by atoms with E-state index >= 15 is 0 Å². The number of thiocarbonyl (C=S) groups is 1. The Labute approximate surface area is 229 Å². The molecule has 0 amide bonds. The fourth-order valence-corrected chi connectivity index (χ4v) is 5.11. The van der Waals surface area contributed by atoms with Crippen LogP contribution in [0.5, 0.6) is 5.75 Å². The summed E-state index contributed by atoms with van der Waals surface area (Å²) in [4.78, 5) is 17.4. The summed E-state index contributed by atoms with van der Waals surface area (Å²) in [5, 5.41) is 15.6. The molecule has 0 unspecified atom stereocenters. The number of benzene rings is 2. The van der Waals surface area contributed by atoms with Crippen LogP contribution < -0.4 is 15.0 Å². The average molecular weight is 550 g/mol. The number of ether oxygens (including phenoxy) is 2. The summed E-state index contributed by atoms with van der Waals surface area (Å²) in [6.45, 7) is 0.831. The molecule has 2 aromatic heterocycles. The molecule has 1 fully saturated rings. The standard InChI is InChI=1S/C27H24ClN5O4S/c1-36-15-16-37-24-12-11-20(17-21(24)28)32-26(25(30-27(32)38)22-5-2-3-13-29-22)23-6-4-14-31(23)18-7-9-19(10-8-18)33(34)35/h2-14,17,25-26H,15-16H2,1H3,(H,30,38)/t25-,26-/m0/s1. The van der Waals surface area contributed by atoms with Crippen molar-refractivity contribution in [3.63, 3.8) is 0 Å². The number of halogens is 1. The lowest BCUT2D eigenvalue weighted by molar-refractivity contribution is -0.384. The fourth-order valence-electron chi connectivity index (χ4n) is 4.53. The van der Waals surface area contributed by atoms with E-state index in [4.69, 9.17) is 33.3 Å². The van der Waals surface area contributed by atoms with E-state index in [1.165, 1.54) is 12.1 Å². The quantitative estimate of drug-likeness (QED) is 0.124. The summed E-state index contributed by atoms with van der Waals surface area (Å²) >= 11 is 12.4. The number of anilines is 1. The highest BCUT2D eigenvalue weighted by Gasteiger charge is 2.42. The minimum Gasteiger partial charge on any atom is -0.490 e. The molecule has 1 saturated heterocycles. The zero-order chi connectivity index (χ0) is 26.6. The highest BCUT2D eigenvalue weighted by atomic mass is 35.5. The van der Waals surface area contributed by atoms with Crippen LogP contribution in [0.2, 0.25) is 5.02 Å². The van der Waals surface area contributed by atoms with Crippen LogP contribution in [0.15, 0.2) is 85.2 Å². The second kappa shape index (κ2) is 11.2. The number of pyridine rings is 1. The highest BCUT2D eigenvalue weighted by molar-refractivity contribution is 7.80. The summed E-state index contributed by atoms with van der Waals surface area (Å²) in [7, 11) is 1.61. The molecule has 1 aliphatic rings. The van der Waals surface area contributed by atoms with Crippen molar-refractivity contribution in [1.82, 2.24) is 14.9 Å². The van der Waals surface area contributed by atoms with E-state index in [-0.39, 0.29) is 17.8 Å². The van der Waals surface area contributed by atoms with E-state index in [1.54, 1.807) is 25.4 Å². The van der Waals surface area contributed by atoms with Crippen LogP contribution in [-0.2, 0) is 4.74 Å². The van der Waals surface area contributed by atoms with Crippen molar-refractivity contribution in [3.8, 4) is 11.4 Å². The number of rotatable bonds is 9. The summed E-state index contributed by atoms with van der Waals surface area (Å²) in [6, 6.07) is 21.1. The molecule has 5 rings (SSSR count).